The molecule has 0 saturated carbocycles. The number of hydrogen-bond donors (Lipinski definition) is 1. The average molecular weight is 300 g/mol. The summed E-state index contributed by atoms with van der Waals surface area (Å²) < 4.78 is 0. The minimum Gasteiger partial charge on any atom is -0.507 e. The molecule has 0 spiro atoms. The molecule has 0 aliphatic rings. The molecule has 0 saturated heterocycles. The predicted octanol–water partition coefficient (Wildman–Crippen LogP) is 2.95. The number of para-hydroxylation sites is 1. The van der Waals surface area contributed by atoms with Gasteiger partial charge in [0.1, 0.15) is 5.75 Å². The molecular weight excluding hydrogens is 282 g/mol. The van der Waals surface area contributed by atoms with Gasteiger partial charge in [0.05, 0.1) is 5.56 Å². The number of nitrogens with zero attached hydrogens (tertiary/aromatic N) is 1. The molecular formula is C13H18BrNO2. The number of phenolic OH excluding ortho intramolecular Hbond substituents is 1. The van der Waals surface area contributed by atoms with Gasteiger partial charge in [0.15, 0.2) is 0 Å². The van der Waals surface area contributed by atoms with Crippen molar-refractivity contribution in [3.63, 3.8) is 0 Å². The summed E-state index contributed by atoms with van der Waals surface area (Å²) in [7, 11) is 0. The highest BCUT2D eigenvalue weighted by Crippen LogP contribution is 2.23. The van der Waals surface area contributed by atoms with E-state index in [-0.39, 0.29) is 17.7 Å². The fourth-order valence-corrected chi connectivity index (χ4v) is 2.05. The molecule has 94 valence electrons. The largest absolute Gasteiger partial charge is 0.507 e. The average Bonchev–Trinajstić information content (AvgIpc) is 2.28. The van der Waals surface area contributed by atoms with Crippen molar-refractivity contribution in [3.8, 4) is 5.75 Å². The van der Waals surface area contributed by atoms with Crippen LogP contribution in [-0.4, -0.2) is 33.8 Å². The van der Waals surface area contributed by atoms with Crippen molar-refractivity contribution in [1.29, 1.82) is 0 Å². The summed E-state index contributed by atoms with van der Waals surface area (Å²) in [6, 6.07) is 5.35. The summed E-state index contributed by atoms with van der Waals surface area (Å²) in [5.41, 5.74) is 1.10. The summed E-state index contributed by atoms with van der Waals surface area (Å²) in [5.74, 6) is -0.0432. The Hall–Kier alpha value is -1.03. The first kappa shape index (κ1) is 14.0. The number of hydrogen-bond acceptors (Lipinski definition) is 2. The summed E-state index contributed by atoms with van der Waals surface area (Å²) in [6.07, 6.45) is 0. The molecule has 0 aromatic heterocycles. The van der Waals surface area contributed by atoms with Crippen molar-refractivity contribution in [2.24, 2.45) is 0 Å². The van der Waals surface area contributed by atoms with Gasteiger partial charge in [-0.05, 0) is 32.4 Å². The van der Waals surface area contributed by atoms with Gasteiger partial charge in [-0.2, -0.15) is 0 Å². The van der Waals surface area contributed by atoms with E-state index in [1.807, 2.05) is 13.8 Å². The summed E-state index contributed by atoms with van der Waals surface area (Å²) in [6.45, 7) is 6.35. The number of aryl methyl sites for hydroxylation is 1. The second kappa shape index (κ2) is 6.05. The van der Waals surface area contributed by atoms with E-state index >= 15 is 0 Å². The number of rotatable bonds is 4. The van der Waals surface area contributed by atoms with Gasteiger partial charge in [-0.25, -0.2) is 0 Å². The van der Waals surface area contributed by atoms with Gasteiger partial charge in [-0.15, -0.1) is 0 Å². The molecule has 0 aliphatic heterocycles. The monoisotopic (exact) mass is 299 g/mol. The van der Waals surface area contributed by atoms with Crippen molar-refractivity contribution in [1.82, 2.24) is 4.90 Å². The van der Waals surface area contributed by atoms with Crippen LogP contribution in [0.2, 0.25) is 0 Å². The molecule has 0 unspecified atom stereocenters. The second-order valence-corrected chi connectivity index (χ2v) is 5.05. The molecule has 1 aromatic carbocycles. The molecule has 0 heterocycles. The zero-order valence-corrected chi connectivity index (χ0v) is 12.0. The lowest BCUT2D eigenvalue weighted by Gasteiger charge is -2.26. The number of alkyl halides is 1. The molecule has 3 nitrogen and oxygen atoms in total. The molecule has 4 heteroatoms. The Kier molecular flexibility index (Phi) is 5.00. The van der Waals surface area contributed by atoms with Crippen molar-refractivity contribution < 1.29 is 9.90 Å². The van der Waals surface area contributed by atoms with Crippen LogP contribution in [0.1, 0.15) is 29.8 Å². The van der Waals surface area contributed by atoms with Crippen molar-refractivity contribution >= 4 is 21.8 Å². The van der Waals surface area contributed by atoms with Crippen LogP contribution < -0.4 is 0 Å². The number of halogens is 1. The molecule has 0 aliphatic carbocycles. The van der Waals surface area contributed by atoms with Crippen molar-refractivity contribution in [3.05, 3.63) is 29.3 Å². The molecule has 0 radical (unpaired) electrons. The van der Waals surface area contributed by atoms with E-state index in [0.717, 1.165) is 10.9 Å². The lowest BCUT2D eigenvalue weighted by atomic mass is 10.1. The summed E-state index contributed by atoms with van der Waals surface area (Å²) in [5, 5.41) is 10.6. The first-order valence-electron chi connectivity index (χ1n) is 5.64. The predicted molar refractivity (Wildman–Crippen MR) is 72.8 cm³/mol. The first-order chi connectivity index (χ1) is 7.99. The third-order valence-electron chi connectivity index (χ3n) is 2.68. The van der Waals surface area contributed by atoms with Gasteiger partial charge >= 0.3 is 0 Å². The van der Waals surface area contributed by atoms with Crippen LogP contribution in [0.25, 0.3) is 0 Å². The van der Waals surface area contributed by atoms with Gasteiger partial charge in [-0.3, -0.25) is 4.79 Å². The lowest BCUT2D eigenvalue weighted by Crippen LogP contribution is -2.38. The van der Waals surface area contributed by atoms with Crippen LogP contribution >= 0.6 is 15.9 Å². The summed E-state index contributed by atoms with van der Waals surface area (Å²) in [4.78, 5) is 14.0. The Morgan fingerprint density at radius 1 is 1.47 bits per heavy atom. The van der Waals surface area contributed by atoms with Crippen molar-refractivity contribution in [2.45, 2.75) is 26.8 Å². The molecule has 1 aromatic rings. The number of amides is 1. The number of carbonyl (C=O) groups excluding carboxylic acids is 1. The van der Waals surface area contributed by atoms with Gasteiger partial charge < -0.3 is 10.0 Å². The smallest absolute Gasteiger partial charge is 0.257 e. The highest BCUT2D eigenvalue weighted by atomic mass is 79.9. The third-order valence-corrected chi connectivity index (χ3v) is 3.03. The Bertz CT molecular complexity index is 404. The van der Waals surface area contributed by atoms with Crippen LogP contribution in [0.5, 0.6) is 5.75 Å². The first-order valence-corrected chi connectivity index (χ1v) is 6.76. The molecule has 0 atom stereocenters. The van der Waals surface area contributed by atoms with Crippen LogP contribution in [0.3, 0.4) is 0 Å². The van der Waals surface area contributed by atoms with E-state index in [4.69, 9.17) is 0 Å². The van der Waals surface area contributed by atoms with Gasteiger partial charge in [-0.1, -0.05) is 28.1 Å². The minimum absolute atomic E-state index is 0.0812. The van der Waals surface area contributed by atoms with E-state index in [0.29, 0.717) is 12.1 Å². The topological polar surface area (TPSA) is 40.5 Å². The van der Waals surface area contributed by atoms with Crippen LogP contribution in [-0.2, 0) is 0 Å². The maximum absolute atomic E-state index is 12.3. The number of aromatic hydroxyl groups is 1. The number of phenols is 1. The fraction of sp³-hybridized carbons (Fsp3) is 0.462. The van der Waals surface area contributed by atoms with E-state index in [2.05, 4.69) is 15.9 Å². The van der Waals surface area contributed by atoms with Crippen LogP contribution in [0.4, 0.5) is 0 Å². The Morgan fingerprint density at radius 3 is 2.65 bits per heavy atom. The Labute approximate surface area is 111 Å². The molecule has 17 heavy (non-hydrogen) atoms. The molecule has 1 N–H and O–H groups in total. The van der Waals surface area contributed by atoms with Gasteiger partial charge in [0.2, 0.25) is 0 Å². The normalized spacial score (nSPS) is 10.6. The zero-order chi connectivity index (χ0) is 13.0. The van der Waals surface area contributed by atoms with Crippen molar-refractivity contribution in [2.75, 3.05) is 11.9 Å². The molecule has 0 fully saturated rings. The maximum atomic E-state index is 12.3. The van der Waals surface area contributed by atoms with Crippen LogP contribution in [0, 0.1) is 6.92 Å². The van der Waals surface area contributed by atoms with E-state index in [9.17, 15) is 9.90 Å². The minimum atomic E-state index is -0.124. The fourth-order valence-electron chi connectivity index (χ4n) is 1.67. The highest BCUT2D eigenvalue weighted by Gasteiger charge is 2.21. The van der Waals surface area contributed by atoms with E-state index in [1.165, 1.54) is 0 Å². The van der Waals surface area contributed by atoms with E-state index < -0.39 is 0 Å². The van der Waals surface area contributed by atoms with Gasteiger partial charge in [0, 0.05) is 17.9 Å². The van der Waals surface area contributed by atoms with E-state index in [1.54, 1.807) is 30.0 Å². The molecule has 1 rings (SSSR count). The Morgan fingerprint density at radius 2 is 2.12 bits per heavy atom. The number of carbonyl (C=O) groups is 1. The molecule has 1 amide bonds. The second-order valence-electron chi connectivity index (χ2n) is 4.25. The Balaban J connectivity index is 3.05. The standard InChI is InChI=1S/C13H18BrNO2/c1-9(2)15(8-7-14)13(17)11-6-4-5-10(3)12(11)16/h4-6,9,16H,7-8H2,1-3H3. The zero-order valence-electron chi connectivity index (χ0n) is 10.4. The SMILES string of the molecule is Cc1cccc(C(=O)N(CCBr)C(C)C)c1O. The van der Waals surface area contributed by atoms with Crippen LogP contribution in [0.15, 0.2) is 18.2 Å². The third kappa shape index (κ3) is 3.22. The highest BCUT2D eigenvalue weighted by molar-refractivity contribution is 9.09. The molecule has 0 bridgehead atoms. The maximum Gasteiger partial charge on any atom is 0.257 e. The quantitative estimate of drug-likeness (QED) is 0.869. The number of benzene rings is 1. The lowest BCUT2D eigenvalue weighted by molar-refractivity contribution is 0.0716. The van der Waals surface area contributed by atoms with Gasteiger partial charge in [0.25, 0.3) is 5.91 Å². The summed E-state index contributed by atoms with van der Waals surface area (Å²) >= 11 is 3.34.